The molecule has 2 atom stereocenters. The van der Waals surface area contributed by atoms with Crippen LogP contribution in [-0.4, -0.2) is 36.7 Å². The monoisotopic (exact) mass is 319 g/mol. The minimum absolute atomic E-state index is 0.105. The molecule has 1 saturated heterocycles. The molecule has 0 radical (unpaired) electrons. The lowest BCUT2D eigenvalue weighted by Gasteiger charge is -2.27. The van der Waals surface area contributed by atoms with E-state index in [2.05, 4.69) is 4.74 Å². The number of halogens is 4. The minimum atomic E-state index is -4.46. The zero-order valence-electron chi connectivity index (χ0n) is 12.1. The maximum absolute atomic E-state index is 13.4. The van der Waals surface area contributed by atoms with Gasteiger partial charge in [0.25, 0.3) is 0 Å². The molecule has 1 aliphatic heterocycles. The number of amides is 1. The molecule has 1 amide bonds. The predicted molar refractivity (Wildman–Crippen MR) is 71.5 cm³/mol. The van der Waals surface area contributed by atoms with E-state index in [0.717, 1.165) is 0 Å². The summed E-state index contributed by atoms with van der Waals surface area (Å²) in [5.41, 5.74) is 0.647. The van der Waals surface area contributed by atoms with E-state index in [9.17, 15) is 22.4 Å². The summed E-state index contributed by atoms with van der Waals surface area (Å²) in [6.07, 6.45) is -3.74. The molecule has 2 rings (SSSR count). The molecular weight excluding hydrogens is 302 g/mol. The molecule has 0 saturated carbocycles. The third-order valence-corrected chi connectivity index (χ3v) is 3.70. The van der Waals surface area contributed by atoms with Crippen LogP contribution < -0.4 is 0 Å². The summed E-state index contributed by atoms with van der Waals surface area (Å²) in [7, 11) is 0. The quantitative estimate of drug-likeness (QED) is 0.797. The van der Waals surface area contributed by atoms with Crippen molar-refractivity contribution < 1.29 is 27.1 Å². The van der Waals surface area contributed by atoms with E-state index in [1.807, 2.05) is 6.92 Å². The van der Waals surface area contributed by atoms with Crippen LogP contribution in [0.1, 0.15) is 24.9 Å². The van der Waals surface area contributed by atoms with Crippen molar-refractivity contribution in [3.63, 3.8) is 0 Å². The Bertz CT molecular complexity index is 533. The summed E-state index contributed by atoms with van der Waals surface area (Å²) in [5, 5.41) is 0. The molecule has 122 valence electrons. The van der Waals surface area contributed by atoms with Crippen molar-refractivity contribution in [1.82, 2.24) is 4.90 Å². The van der Waals surface area contributed by atoms with Gasteiger partial charge in [0.1, 0.15) is 19.0 Å². The topological polar surface area (TPSA) is 29.5 Å². The lowest BCUT2D eigenvalue weighted by molar-refractivity contribution is -0.178. The molecular formula is C15H17F4NO2. The zero-order valence-corrected chi connectivity index (χ0v) is 12.1. The molecule has 1 aromatic carbocycles. The van der Waals surface area contributed by atoms with E-state index in [-0.39, 0.29) is 12.0 Å². The van der Waals surface area contributed by atoms with E-state index >= 15 is 0 Å². The molecule has 7 heteroatoms. The van der Waals surface area contributed by atoms with Crippen LogP contribution in [0.4, 0.5) is 17.6 Å². The van der Waals surface area contributed by atoms with Crippen LogP contribution in [-0.2, 0) is 9.53 Å². The van der Waals surface area contributed by atoms with Gasteiger partial charge in [-0.1, -0.05) is 19.1 Å². The third-order valence-electron chi connectivity index (χ3n) is 3.70. The predicted octanol–water partition coefficient (Wildman–Crippen LogP) is 3.31. The second-order valence-corrected chi connectivity index (χ2v) is 5.46. The van der Waals surface area contributed by atoms with Gasteiger partial charge in [-0.2, -0.15) is 13.2 Å². The highest BCUT2D eigenvalue weighted by Crippen LogP contribution is 2.37. The smallest absolute Gasteiger partial charge is 0.362 e. The Labute approximate surface area is 125 Å². The molecule has 1 fully saturated rings. The lowest BCUT2D eigenvalue weighted by Crippen LogP contribution is -2.35. The van der Waals surface area contributed by atoms with Gasteiger partial charge >= 0.3 is 6.18 Å². The summed E-state index contributed by atoms with van der Waals surface area (Å²) in [4.78, 5) is 13.6. The minimum Gasteiger partial charge on any atom is -0.362 e. The van der Waals surface area contributed by atoms with E-state index in [4.69, 9.17) is 0 Å². The van der Waals surface area contributed by atoms with Crippen molar-refractivity contribution in [2.45, 2.75) is 25.6 Å². The molecule has 1 aromatic rings. The van der Waals surface area contributed by atoms with Crippen LogP contribution in [0.15, 0.2) is 24.3 Å². The first-order valence-electron chi connectivity index (χ1n) is 6.97. The highest BCUT2D eigenvalue weighted by molar-refractivity contribution is 5.78. The number of rotatable bonds is 4. The molecule has 22 heavy (non-hydrogen) atoms. The molecule has 0 unspecified atom stereocenters. The van der Waals surface area contributed by atoms with Gasteiger partial charge in [-0.25, -0.2) is 4.39 Å². The Hall–Kier alpha value is -1.63. The number of hydrogen-bond donors (Lipinski definition) is 0. The number of alkyl halides is 3. The summed E-state index contributed by atoms with van der Waals surface area (Å²) in [5.74, 6) is -0.812. The normalized spacial score (nSPS) is 22.1. The van der Waals surface area contributed by atoms with Gasteiger partial charge in [-0.15, -0.1) is 0 Å². The Morgan fingerprint density at radius 1 is 1.41 bits per heavy atom. The van der Waals surface area contributed by atoms with Gasteiger partial charge in [0.05, 0.1) is 6.04 Å². The number of benzene rings is 1. The number of carbonyl (C=O) groups is 1. The standard InChI is InChI=1S/C15H17F4NO2/c1-10-5-6-20(13(21)8-22-9-15(17,18)19)14(10)11-3-2-4-12(16)7-11/h2-4,7,10,14H,5-6,8-9H2,1H3/t10-,14-/m1/s1. The van der Waals surface area contributed by atoms with E-state index in [0.29, 0.717) is 18.5 Å². The largest absolute Gasteiger partial charge is 0.411 e. The highest BCUT2D eigenvalue weighted by atomic mass is 19.4. The van der Waals surface area contributed by atoms with Crippen LogP contribution >= 0.6 is 0 Å². The van der Waals surface area contributed by atoms with Gasteiger partial charge in [0, 0.05) is 6.54 Å². The fourth-order valence-corrected chi connectivity index (χ4v) is 2.76. The Kier molecular flexibility index (Phi) is 5.05. The van der Waals surface area contributed by atoms with E-state index < -0.39 is 31.1 Å². The highest BCUT2D eigenvalue weighted by Gasteiger charge is 2.36. The fraction of sp³-hybridized carbons (Fsp3) is 0.533. The van der Waals surface area contributed by atoms with E-state index in [1.165, 1.54) is 17.0 Å². The molecule has 0 bridgehead atoms. The third kappa shape index (κ3) is 4.19. The van der Waals surface area contributed by atoms with Crippen molar-refractivity contribution in [2.24, 2.45) is 5.92 Å². The number of hydrogen-bond acceptors (Lipinski definition) is 2. The summed E-state index contributed by atoms with van der Waals surface area (Å²) in [6.45, 7) is 0.279. The van der Waals surface area contributed by atoms with Crippen molar-refractivity contribution >= 4 is 5.91 Å². The number of carbonyl (C=O) groups excluding carboxylic acids is 1. The first-order chi connectivity index (χ1) is 10.3. The van der Waals surface area contributed by atoms with Gasteiger partial charge in [0.15, 0.2) is 0 Å². The molecule has 1 heterocycles. The fourth-order valence-electron chi connectivity index (χ4n) is 2.76. The van der Waals surface area contributed by atoms with Gasteiger partial charge in [-0.3, -0.25) is 4.79 Å². The molecule has 0 N–H and O–H groups in total. The first kappa shape index (κ1) is 16.7. The summed E-state index contributed by atoms with van der Waals surface area (Å²) >= 11 is 0. The average Bonchev–Trinajstić information content (AvgIpc) is 2.79. The molecule has 0 spiro atoms. The van der Waals surface area contributed by atoms with E-state index in [1.54, 1.807) is 12.1 Å². The first-order valence-corrected chi connectivity index (χ1v) is 6.97. The van der Waals surface area contributed by atoms with Crippen molar-refractivity contribution in [1.29, 1.82) is 0 Å². The molecule has 3 nitrogen and oxygen atoms in total. The second kappa shape index (κ2) is 6.64. The van der Waals surface area contributed by atoms with Crippen LogP contribution in [0.5, 0.6) is 0 Å². The van der Waals surface area contributed by atoms with Crippen LogP contribution in [0.2, 0.25) is 0 Å². The SMILES string of the molecule is C[C@@H]1CCN(C(=O)COCC(F)(F)F)[C@H]1c1cccc(F)c1. The average molecular weight is 319 g/mol. The molecule has 0 aromatic heterocycles. The lowest BCUT2D eigenvalue weighted by atomic mass is 9.95. The summed E-state index contributed by atoms with van der Waals surface area (Å²) in [6, 6.07) is 5.59. The van der Waals surface area contributed by atoms with Gasteiger partial charge in [0.2, 0.25) is 5.91 Å². The van der Waals surface area contributed by atoms with Crippen LogP contribution in [0, 0.1) is 11.7 Å². The van der Waals surface area contributed by atoms with Crippen molar-refractivity contribution in [3.05, 3.63) is 35.6 Å². The van der Waals surface area contributed by atoms with Crippen LogP contribution in [0.3, 0.4) is 0 Å². The van der Waals surface area contributed by atoms with Crippen molar-refractivity contribution in [3.8, 4) is 0 Å². The Morgan fingerprint density at radius 2 is 2.14 bits per heavy atom. The second-order valence-electron chi connectivity index (χ2n) is 5.46. The maximum atomic E-state index is 13.4. The number of likely N-dealkylation sites (tertiary alicyclic amines) is 1. The molecule has 1 aliphatic rings. The van der Waals surface area contributed by atoms with Crippen LogP contribution in [0.25, 0.3) is 0 Å². The number of nitrogens with zero attached hydrogens (tertiary/aromatic N) is 1. The number of ether oxygens (including phenoxy) is 1. The van der Waals surface area contributed by atoms with Gasteiger partial charge in [-0.05, 0) is 30.0 Å². The Balaban J connectivity index is 2.04. The maximum Gasteiger partial charge on any atom is 0.411 e. The van der Waals surface area contributed by atoms with Crippen molar-refractivity contribution in [2.75, 3.05) is 19.8 Å². The zero-order chi connectivity index (χ0) is 16.3. The Morgan fingerprint density at radius 3 is 2.77 bits per heavy atom. The summed E-state index contributed by atoms with van der Waals surface area (Å²) < 4.78 is 53.9. The van der Waals surface area contributed by atoms with Gasteiger partial charge < -0.3 is 9.64 Å². The molecule has 0 aliphatic carbocycles.